The first kappa shape index (κ1) is 15.2. The number of benzene rings is 1. The minimum Gasteiger partial charge on any atom is -0.481 e. The number of aliphatic carboxylic acids is 1. The molecule has 0 saturated carbocycles. The Balaban J connectivity index is 1.75. The third kappa shape index (κ3) is 2.81. The normalized spacial score (nSPS) is 20.7. The number of rotatable bonds is 3. The van der Waals surface area contributed by atoms with Gasteiger partial charge >= 0.3 is 5.97 Å². The highest BCUT2D eigenvalue weighted by atomic mass is 16.5. The van der Waals surface area contributed by atoms with E-state index in [-0.39, 0.29) is 12.5 Å². The number of aromatic nitrogens is 2. The van der Waals surface area contributed by atoms with Gasteiger partial charge in [0.1, 0.15) is 0 Å². The average molecular weight is 315 g/mol. The van der Waals surface area contributed by atoms with Gasteiger partial charge in [-0.2, -0.15) is 4.98 Å². The number of hydrogen-bond acceptors (Lipinski definition) is 5. The van der Waals surface area contributed by atoms with Gasteiger partial charge in [0, 0.05) is 24.2 Å². The van der Waals surface area contributed by atoms with E-state index >= 15 is 0 Å². The number of carbonyl (C=O) groups excluding carboxylic acids is 1. The molecule has 0 aliphatic carbocycles. The van der Waals surface area contributed by atoms with Gasteiger partial charge in [0.05, 0.1) is 5.41 Å². The van der Waals surface area contributed by atoms with Crippen LogP contribution in [0.25, 0.3) is 11.5 Å². The van der Waals surface area contributed by atoms with Crippen molar-refractivity contribution in [1.82, 2.24) is 15.0 Å². The predicted molar refractivity (Wildman–Crippen MR) is 80.7 cm³/mol. The Morgan fingerprint density at radius 3 is 2.52 bits per heavy atom. The van der Waals surface area contributed by atoms with Crippen molar-refractivity contribution in [3.63, 3.8) is 0 Å². The first-order valence-corrected chi connectivity index (χ1v) is 7.32. The zero-order valence-electron chi connectivity index (χ0n) is 12.9. The second kappa shape index (κ2) is 5.49. The molecular formula is C16H17N3O4. The molecule has 7 heteroatoms. The smallest absolute Gasteiger partial charge is 0.311 e. The van der Waals surface area contributed by atoms with Crippen LogP contribution in [0.3, 0.4) is 0 Å². The van der Waals surface area contributed by atoms with E-state index in [4.69, 9.17) is 4.52 Å². The fourth-order valence-corrected chi connectivity index (χ4v) is 2.66. The monoisotopic (exact) mass is 315 g/mol. The minimum atomic E-state index is -0.866. The molecule has 0 radical (unpaired) electrons. The molecule has 1 N–H and O–H groups in total. The quantitative estimate of drug-likeness (QED) is 0.930. The van der Waals surface area contributed by atoms with Crippen molar-refractivity contribution in [2.45, 2.75) is 20.3 Å². The minimum absolute atomic E-state index is 0.164. The molecular weight excluding hydrogens is 298 g/mol. The summed E-state index contributed by atoms with van der Waals surface area (Å²) in [7, 11) is 0. The maximum atomic E-state index is 12.5. The molecule has 0 spiro atoms. The third-order valence-corrected chi connectivity index (χ3v) is 4.18. The summed E-state index contributed by atoms with van der Waals surface area (Å²) in [5.74, 6) is -0.0792. The Morgan fingerprint density at radius 2 is 2.00 bits per heavy atom. The average Bonchev–Trinajstić information content (AvgIpc) is 3.14. The van der Waals surface area contributed by atoms with Crippen LogP contribution in [0.4, 0.5) is 0 Å². The zero-order chi connectivity index (χ0) is 16.6. The molecule has 1 aliphatic rings. The topological polar surface area (TPSA) is 96.5 Å². The van der Waals surface area contributed by atoms with Crippen LogP contribution in [0.2, 0.25) is 0 Å². The van der Waals surface area contributed by atoms with E-state index in [0.717, 1.165) is 5.56 Å². The summed E-state index contributed by atoms with van der Waals surface area (Å²) in [6.45, 7) is 4.08. The number of aryl methyl sites for hydroxylation is 1. The third-order valence-electron chi connectivity index (χ3n) is 4.18. The SMILES string of the molecule is Cc1noc(-c2ccc(C(=O)N3CC[C@](C)(C(=O)O)C3)cc2)n1. The molecule has 7 nitrogen and oxygen atoms in total. The van der Waals surface area contributed by atoms with Gasteiger partial charge < -0.3 is 14.5 Å². The van der Waals surface area contributed by atoms with Crippen molar-refractivity contribution in [2.75, 3.05) is 13.1 Å². The van der Waals surface area contributed by atoms with Gasteiger partial charge in [-0.05, 0) is 44.5 Å². The van der Waals surface area contributed by atoms with Crippen LogP contribution in [0.5, 0.6) is 0 Å². The molecule has 1 atom stereocenters. The predicted octanol–water partition coefficient (Wildman–Crippen LogP) is 1.98. The molecule has 3 rings (SSSR count). The molecule has 23 heavy (non-hydrogen) atoms. The van der Waals surface area contributed by atoms with Crippen LogP contribution in [0, 0.1) is 12.3 Å². The summed E-state index contributed by atoms with van der Waals surface area (Å²) < 4.78 is 5.08. The lowest BCUT2D eigenvalue weighted by Crippen LogP contribution is -2.34. The van der Waals surface area contributed by atoms with Crippen LogP contribution in [-0.4, -0.2) is 45.1 Å². The van der Waals surface area contributed by atoms with Gasteiger partial charge in [-0.3, -0.25) is 9.59 Å². The Morgan fingerprint density at radius 1 is 1.30 bits per heavy atom. The largest absolute Gasteiger partial charge is 0.481 e. The first-order chi connectivity index (χ1) is 10.9. The van der Waals surface area contributed by atoms with Gasteiger partial charge in [-0.15, -0.1) is 0 Å². The second-order valence-electron chi connectivity index (χ2n) is 6.07. The highest BCUT2D eigenvalue weighted by molar-refractivity contribution is 5.95. The fourth-order valence-electron chi connectivity index (χ4n) is 2.66. The molecule has 0 bridgehead atoms. The van der Waals surface area contributed by atoms with Crippen LogP contribution >= 0.6 is 0 Å². The van der Waals surface area contributed by atoms with Crippen molar-refractivity contribution in [3.8, 4) is 11.5 Å². The Labute approximate surface area is 132 Å². The summed E-state index contributed by atoms with van der Waals surface area (Å²) in [5, 5.41) is 13.0. The van der Waals surface area contributed by atoms with Crippen LogP contribution in [0.1, 0.15) is 29.5 Å². The Bertz CT molecular complexity index is 753. The van der Waals surface area contributed by atoms with Gasteiger partial charge in [0.15, 0.2) is 5.82 Å². The number of carboxylic acid groups (broad SMARTS) is 1. The molecule has 1 aromatic carbocycles. The van der Waals surface area contributed by atoms with Crippen LogP contribution in [-0.2, 0) is 4.79 Å². The molecule has 1 fully saturated rings. The number of hydrogen-bond donors (Lipinski definition) is 1. The Kier molecular flexibility index (Phi) is 3.63. The maximum Gasteiger partial charge on any atom is 0.311 e. The van der Waals surface area contributed by atoms with E-state index in [1.54, 1.807) is 43.0 Å². The Hall–Kier alpha value is -2.70. The van der Waals surface area contributed by atoms with E-state index in [2.05, 4.69) is 10.1 Å². The van der Waals surface area contributed by atoms with E-state index in [1.165, 1.54) is 0 Å². The maximum absolute atomic E-state index is 12.5. The molecule has 2 aromatic rings. The number of amides is 1. The lowest BCUT2D eigenvalue weighted by atomic mass is 9.90. The molecule has 0 unspecified atom stereocenters. The van der Waals surface area contributed by atoms with Crippen molar-refractivity contribution in [3.05, 3.63) is 35.7 Å². The first-order valence-electron chi connectivity index (χ1n) is 7.32. The molecule has 1 amide bonds. The number of carbonyl (C=O) groups is 2. The standard InChI is InChI=1S/C16H17N3O4/c1-10-17-13(23-18-10)11-3-5-12(6-4-11)14(20)19-8-7-16(2,9-19)15(21)22/h3-6H,7-9H2,1-2H3,(H,21,22)/t16-/m0/s1. The molecule has 120 valence electrons. The van der Waals surface area contributed by atoms with Crippen molar-refractivity contribution >= 4 is 11.9 Å². The summed E-state index contributed by atoms with van der Waals surface area (Å²) >= 11 is 0. The number of likely N-dealkylation sites (tertiary alicyclic amines) is 1. The molecule has 1 aliphatic heterocycles. The zero-order valence-corrected chi connectivity index (χ0v) is 12.9. The molecule has 1 aromatic heterocycles. The fraction of sp³-hybridized carbons (Fsp3) is 0.375. The van der Waals surface area contributed by atoms with E-state index in [0.29, 0.717) is 30.2 Å². The molecule has 1 saturated heterocycles. The number of nitrogens with zero attached hydrogens (tertiary/aromatic N) is 3. The van der Waals surface area contributed by atoms with Crippen molar-refractivity contribution in [1.29, 1.82) is 0 Å². The van der Waals surface area contributed by atoms with Crippen LogP contribution in [0.15, 0.2) is 28.8 Å². The van der Waals surface area contributed by atoms with E-state index in [1.807, 2.05) is 0 Å². The summed E-state index contributed by atoms with van der Waals surface area (Å²) in [4.78, 5) is 29.5. The van der Waals surface area contributed by atoms with Gasteiger partial charge in [-0.25, -0.2) is 0 Å². The lowest BCUT2D eigenvalue weighted by molar-refractivity contribution is -0.147. The molecule has 2 heterocycles. The lowest BCUT2D eigenvalue weighted by Gasteiger charge is -2.20. The van der Waals surface area contributed by atoms with Gasteiger partial charge in [0.25, 0.3) is 11.8 Å². The second-order valence-corrected chi connectivity index (χ2v) is 6.07. The summed E-state index contributed by atoms with van der Waals surface area (Å²) in [6, 6.07) is 6.86. The number of carboxylic acids is 1. The highest BCUT2D eigenvalue weighted by Crippen LogP contribution is 2.31. The van der Waals surface area contributed by atoms with Crippen molar-refractivity contribution in [2.24, 2.45) is 5.41 Å². The van der Waals surface area contributed by atoms with Crippen LogP contribution < -0.4 is 0 Å². The van der Waals surface area contributed by atoms with E-state index < -0.39 is 11.4 Å². The highest BCUT2D eigenvalue weighted by Gasteiger charge is 2.42. The van der Waals surface area contributed by atoms with Crippen molar-refractivity contribution < 1.29 is 19.2 Å². The van der Waals surface area contributed by atoms with Gasteiger partial charge in [-0.1, -0.05) is 5.16 Å². The summed E-state index contributed by atoms with van der Waals surface area (Å²) in [5.41, 5.74) is 0.384. The van der Waals surface area contributed by atoms with E-state index in [9.17, 15) is 14.7 Å². The summed E-state index contributed by atoms with van der Waals surface area (Å²) in [6.07, 6.45) is 0.466. The van der Waals surface area contributed by atoms with Gasteiger partial charge in [0.2, 0.25) is 0 Å².